The zero-order chi connectivity index (χ0) is 17.8. The molecule has 140 valence electrons. The van der Waals surface area contributed by atoms with Gasteiger partial charge in [-0.15, -0.1) is 22.6 Å². The number of halogens is 2. The summed E-state index contributed by atoms with van der Waals surface area (Å²) in [4.78, 5) is 16.0. The highest BCUT2D eigenvalue weighted by Gasteiger charge is 2.22. The second-order valence-corrected chi connectivity index (χ2v) is 6.40. The molecule has 26 heavy (non-hydrogen) atoms. The van der Waals surface area contributed by atoms with Crippen molar-refractivity contribution in [2.75, 3.05) is 17.2 Å². The van der Waals surface area contributed by atoms with Gasteiger partial charge in [-0.2, -0.15) is 4.98 Å². The largest absolute Gasteiger partial charge is 0.364 e. The second-order valence-electron chi connectivity index (χ2n) is 5.96. The Balaban J connectivity index is 0.00000243. The van der Waals surface area contributed by atoms with E-state index in [4.69, 9.17) is 17.3 Å². The molecule has 3 rings (SSSR count). The molecule has 1 aliphatic rings. The molecule has 0 bridgehead atoms. The Morgan fingerprint density at radius 3 is 2.69 bits per heavy atom. The summed E-state index contributed by atoms with van der Waals surface area (Å²) in [6.07, 6.45) is 2.08. The number of anilines is 3. The number of benzene rings is 1. The molecule has 1 saturated heterocycles. The normalized spacial score (nSPS) is 19.3. The SMILES string of the molecule is C[C@H]1NCCC[C@H]1Nc1nnc(C(N)=O)c(Nc2ccc(Cl)cc2)n1.Cl. The van der Waals surface area contributed by atoms with Crippen LogP contribution in [0.5, 0.6) is 0 Å². The average Bonchev–Trinajstić information content (AvgIpc) is 2.59. The van der Waals surface area contributed by atoms with E-state index in [0.29, 0.717) is 22.7 Å². The summed E-state index contributed by atoms with van der Waals surface area (Å²) in [5, 5.41) is 18.2. The van der Waals surface area contributed by atoms with Crippen molar-refractivity contribution in [2.45, 2.75) is 31.8 Å². The van der Waals surface area contributed by atoms with E-state index < -0.39 is 5.91 Å². The Morgan fingerprint density at radius 1 is 1.31 bits per heavy atom. The molecule has 10 heteroatoms. The number of carbonyl (C=O) groups is 1. The summed E-state index contributed by atoms with van der Waals surface area (Å²) in [7, 11) is 0. The van der Waals surface area contributed by atoms with Gasteiger partial charge in [0.2, 0.25) is 5.95 Å². The maximum Gasteiger partial charge on any atom is 0.273 e. The highest BCUT2D eigenvalue weighted by atomic mass is 35.5. The molecule has 8 nitrogen and oxygen atoms in total. The van der Waals surface area contributed by atoms with E-state index in [0.717, 1.165) is 19.4 Å². The Hall–Kier alpha value is -2.16. The van der Waals surface area contributed by atoms with Gasteiger partial charge in [0.05, 0.1) is 0 Å². The molecule has 1 aromatic heterocycles. The van der Waals surface area contributed by atoms with Gasteiger partial charge in [0.15, 0.2) is 11.5 Å². The van der Waals surface area contributed by atoms with Crippen molar-refractivity contribution in [3.8, 4) is 0 Å². The lowest BCUT2D eigenvalue weighted by atomic mass is 10.0. The lowest BCUT2D eigenvalue weighted by molar-refractivity contribution is 0.0995. The summed E-state index contributed by atoms with van der Waals surface area (Å²) in [5.41, 5.74) is 6.07. The molecule has 0 radical (unpaired) electrons. The number of primary amides is 1. The van der Waals surface area contributed by atoms with Gasteiger partial charge in [0, 0.05) is 22.8 Å². The first-order chi connectivity index (χ1) is 12.0. The number of rotatable bonds is 5. The second kappa shape index (κ2) is 8.98. The summed E-state index contributed by atoms with van der Waals surface area (Å²) in [5.74, 6) is -0.0959. The zero-order valence-electron chi connectivity index (χ0n) is 14.2. The third kappa shape index (κ3) is 4.94. The highest BCUT2D eigenvalue weighted by molar-refractivity contribution is 6.30. The van der Waals surface area contributed by atoms with Crippen molar-refractivity contribution in [2.24, 2.45) is 5.73 Å². The Labute approximate surface area is 162 Å². The Kier molecular flexibility index (Phi) is 6.96. The molecule has 0 spiro atoms. The van der Waals surface area contributed by atoms with Gasteiger partial charge >= 0.3 is 0 Å². The van der Waals surface area contributed by atoms with Crippen LogP contribution in [0, 0.1) is 0 Å². The van der Waals surface area contributed by atoms with Crippen LogP contribution in [0.4, 0.5) is 17.5 Å². The smallest absolute Gasteiger partial charge is 0.273 e. The Bertz CT molecular complexity index is 757. The monoisotopic (exact) mass is 397 g/mol. The van der Waals surface area contributed by atoms with Gasteiger partial charge in [-0.05, 0) is 50.6 Å². The fraction of sp³-hybridized carbons (Fsp3) is 0.375. The van der Waals surface area contributed by atoms with Crippen LogP contribution in [0.15, 0.2) is 24.3 Å². The number of nitrogens with two attached hydrogens (primary N) is 1. The summed E-state index contributed by atoms with van der Waals surface area (Å²) < 4.78 is 0. The van der Waals surface area contributed by atoms with Crippen LogP contribution in [-0.2, 0) is 0 Å². The number of piperidine rings is 1. The van der Waals surface area contributed by atoms with E-state index in [9.17, 15) is 4.79 Å². The first kappa shape index (κ1) is 20.2. The predicted molar refractivity (Wildman–Crippen MR) is 104 cm³/mol. The third-order valence-electron chi connectivity index (χ3n) is 4.10. The van der Waals surface area contributed by atoms with Gasteiger partial charge < -0.3 is 21.7 Å². The van der Waals surface area contributed by atoms with Crippen molar-refractivity contribution in [1.82, 2.24) is 20.5 Å². The van der Waals surface area contributed by atoms with Crippen LogP contribution in [0.2, 0.25) is 5.02 Å². The molecule has 1 fully saturated rings. The minimum Gasteiger partial charge on any atom is -0.364 e. The maximum atomic E-state index is 11.6. The minimum atomic E-state index is -0.698. The molecule has 2 aromatic rings. The van der Waals surface area contributed by atoms with E-state index in [-0.39, 0.29) is 30.0 Å². The van der Waals surface area contributed by atoms with E-state index in [1.807, 2.05) is 0 Å². The standard InChI is InChI=1S/C16H20ClN7O.ClH/c1-9-12(3-2-8-19-9)21-16-22-15(13(14(18)25)23-24-16)20-11-6-4-10(17)5-7-11;/h4-7,9,12,19H,2-3,8H2,1H3,(H2,18,25)(H2,20,21,22,24);1H/t9-,12-;/m1./s1. The summed E-state index contributed by atoms with van der Waals surface area (Å²) in [6.45, 7) is 3.11. The number of nitrogens with zero attached hydrogens (tertiary/aromatic N) is 3. The molecular weight excluding hydrogens is 377 g/mol. The lowest BCUT2D eigenvalue weighted by Crippen LogP contribution is -2.46. The van der Waals surface area contributed by atoms with Crippen LogP contribution >= 0.6 is 24.0 Å². The summed E-state index contributed by atoms with van der Waals surface area (Å²) in [6, 6.07) is 7.50. The van der Waals surface area contributed by atoms with E-state index in [1.54, 1.807) is 24.3 Å². The molecule has 5 N–H and O–H groups in total. The third-order valence-corrected chi connectivity index (χ3v) is 4.36. The quantitative estimate of drug-likeness (QED) is 0.611. The summed E-state index contributed by atoms with van der Waals surface area (Å²) >= 11 is 5.89. The predicted octanol–water partition coefficient (Wildman–Crippen LogP) is 2.34. The Morgan fingerprint density at radius 2 is 2.04 bits per heavy atom. The lowest BCUT2D eigenvalue weighted by Gasteiger charge is -2.30. The number of hydrogen-bond donors (Lipinski definition) is 4. The van der Waals surface area contributed by atoms with Gasteiger partial charge in [-0.25, -0.2) is 0 Å². The number of carbonyl (C=O) groups excluding carboxylic acids is 1. The van der Waals surface area contributed by atoms with Crippen molar-refractivity contribution >= 4 is 47.4 Å². The van der Waals surface area contributed by atoms with Crippen LogP contribution in [-0.4, -0.2) is 39.7 Å². The average molecular weight is 398 g/mol. The molecule has 1 amide bonds. The minimum absolute atomic E-state index is 0. The molecule has 1 aromatic carbocycles. The molecule has 2 heterocycles. The van der Waals surface area contributed by atoms with Crippen molar-refractivity contribution in [3.63, 3.8) is 0 Å². The van der Waals surface area contributed by atoms with Crippen LogP contribution in [0.25, 0.3) is 0 Å². The fourth-order valence-corrected chi connectivity index (χ4v) is 2.84. The van der Waals surface area contributed by atoms with Crippen molar-refractivity contribution in [1.29, 1.82) is 0 Å². The maximum absolute atomic E-state index is 11.6. The molecular formula is C16H21Cl2N7O. The van der Waals surface area contributed by atoms with E-state index in [2.05, 4.69) is 38.1 Å². The molecule has 0 saturated carbocycles. The number of amides is 1. The molecule has 0 unspecified atom stereocenters. The molecule has 0 aliphatic carbocycles. The molecule has 1 aliphatic heterocycles. The topological polar surface area (TPSA) is 118 Å². The van der Waals surface area contributed by atoms with Gasteiger partial charge in [-0.3, -0.25) is 4.79 Å². The fourth-order valence-electron chi connectivity index (χ4n) is 2.72. The number of aromatic nitrogens is 3. The van der Waals surface area contributed by atoms with Gasteiger partial charge in [0.1, 0.15) is 0 Å². The van der Waals surface area contributed by atoms with Gasteiger partial charge in [0.25, 0.3) is 5.91 Å². The highest BCUT2D eigenvalue weighted by Crippen LogP contribution is 2.21. The first-order valence-electron chi connectivity index (χ1n) is 8.10. The van der Waals surface area contributed by atoms with E-state index in [1.165, 1.54) is 0 Å². The van der Waals surface area contributed by atoms with Crippen LogP contribution in [0.3, 0.4) is 0 Å². The van der Waals surface area contributed by atoms with Crippen LogP contribution in [0.1, 0.15) is 30.3 Å². The number of nitrogens with one attached hydrogen (secondary N) is 3. The van der Waals surface area contributed by atoms with Crippen LogP contribution < -0.4 is 21.7 Å². The number of hydrogen-bond acceptors (Lipinski definition) is 7. The van der Waals surface area contributed by atoms with Gasteiger partial charge in [-0.1, -0.05) is 11.6 Å². The zero-order valence-corrected chi connectivity index (χ0v) is 15.8. The van der Waals surface area contributed by atoms with Crippen molar-refractivity contribution in [3.05, 3.63) is 35.0 Å². The van der Waals surface area contributed by atoms with E-state index >= 15 is 0 Å². The molecule has 2 atom stereocenters. The van der Waals surface area contributed by atoms with Crippen molar-refractivity contribution < 1.29 is 4.79 Å². The first-order valence-corrected chi connectivity index (χ1v) is 8.48.